The van der Waals surface area contributed by atoms with E-state index in [0.29, 0.717) is 12.0 Å². The molecule has 25 heavy (non-hydrogen) atoms. The molecule has 0 heterocycles. The Kier molecular flexibility index (Phi) is 4.98. The van der Waals surface area contributed by atoms with Crippen molar-refractivity contribution in [3.63, 3.8) is 0 Å². The smallest absolute Gasteiger partial charge is 0.253 e. The molecule has 128 valence electrons. The Labute approximate surface area is 147 Å². The highest BCUT2D eigenvalue weighted by molar-refractivity contribution is 6.18. The first-order valence-electron chi connectivity index (χ1n) is 8.62. The van der Waals surface area contributed by atoms with Gasteiger partial charge in [-0.25, -0.2) is 0 Å². The van der Waals surface area contributed by atoms with Crippen LogP contribution in [-0.2, 0) is 4.79 Å². The predicted octanol–water partition coefficient (Wildman–Crippen LogP) is 3.77. The van der Waals surface area contributed by atoms with Gasteiger partial charge in [0.1, 0.15) is 6.04 Å². The van der Waals surface area contributed by atoms with Crippen LogP contribution in [0.5, 0.6) is 0 Å². The molecule has 0 radical (unpaired) electrons. The average molecular weight is 334 g/mol. The molecule has 0 fully saturated rings. The zero-order chi connectivity index (χ0) is 17.8. The van der Waals surface area contributed by atoms with E-state index in [4.69, 9.17) is 5.73 Å². The molecule has 0 spiro atoms. The van der Waals surface area contributed by atoms with E-state index in [2.05, 4.69) is 11.4 Å². The highest BCUT2D eigenvalue weighted by atomic mass is 16.2. The summed E-state index contributed by atoms with van der Waals surface area (Å²) in [6, 6.07) is 17.0. The molecular weight excluding hydrogens is 312 g/mol. The van der Waals surface area contributed by atoms with Gasteiger partial charge in [0.25, 0.3) is 5.91 Å². The molecule has 0 saturated carbocycles. The van der Waals surface area contributed by atoms with Gasteiger partial charge >= 0.3 is 0 Å². The van der Waals surface area contributed by atoms with Gasteiger partial charge in [0, 0.05) is 0 Å². The molecule has 0 unspecified atom stereocenters. The normalized spacial score (nSPS) is 12.2. The van der Waals surface area contributed by atoms with E-state index in [1.54, 1.807) is 0 Å². The molecule has 0 bridgehead atoms. The minimum absolute atomic E-state index is 0.257. The molecule has 3 rings (SSSR count). The molecule has 1 atom stereocenters. The molecular formula is C21H22N2O2. The minimum Gasteiger partial charge on any atom is -0.368 e. The first-order chi connectivity index (χ1) is 12.1. The standard InChI is InChI=1S/C21H22N2O2/c1-2-3-12-18(20(22)24)23-21(25)19-16-10-6-4-8-14(16)13-15-9-5-7-11-17(15)19/h4-11,13,18H,2-3,12H2,1H3,(H2,22,24)(H,23,25)/t18-/m1/s1. The third-order valence-corrected chi connectivity index (χ3v) is 4.49. The number of hydrogen-bond acceptors (Lipinski definition) is 2. The molecule has 2 amide bonds. The van der Waals surface area contributed by atoms with Gasteiger partial charge in [0.05, 0.1) is 5.56 Å². The zero-order valence-corrected chi connectivity index (χ0v) is 14.3. The van der Waals surface area contributed by atoms with E-state index in [-0.39, 0.29) is 5.91 Å². The van der Waals surface area contributed by atoms with Gasteiger partial charge in [-0.15, -0.1) is 0 Å². The second-order valence-electron chi connectivity index (χ2n) is 6.26. The van der Waals surface area contributed by atoms with Crippen molar-refractivity contribution in [2.45, 2.75) is 32.2 Å². The third kappa shape index (κ3) is 3.48. The van der Waals surface area contributed by atoms with E-state index in [1.807, 2.05) is 55.5 Å². The number of benzene rings is 3. The van der Waals surface area contributed by atoms with Crippen molar-refractivity contribution in [2.24, 2.45) is 5.73 Å². The van der Waals surface area contributed by atoms with Crippen LogP contribution in [0.1, 0.15) is 36.5 Å². The Hall–Kier alpha value is -2.88. The van der Waals surface area contributed by atoms with Crippen LogP contribution in [0.2, 0.25) is 0 Å². The summed E-state index contributed by atoms with van der Waals surface area (Å²) >= 11 is 0. The lowest BCUT2D eigenvalue weighted by atomic mass is 9.96. The summed E-state index contributed by atoms with van der Waals surface area (Å²) in [5, 5.41) is 6.58. The number of unbranched alkanes of at least 4 members (excludes halogenated alkanes) is 1. The fourth-order valence-corrected chi connectivity index (χ4v) is 3.18. The second-order valence-corrected chi connectivity index (χ2v) is 6.26. The maximum absolute atomic E-state index is 13.0. The second kappa shape index (κ2) is 7.34. The summed E-state index contributed by atoms with van der Waals surface area (Å²) < 4.78 is 0. The Morgan fingerprint density at radius 2 is 1.56 bits per heavy atom. The van der Waals surface area contributed by atoms with Crippen LogP contribution in [0.15, 0.2) is 54.6 Å². The number of carbonyl (C=O) groups excluding carboxylic acids is 2. The lowest BCUT2D eigenvalue weighted by molar-refractivity contribution is -0.120. The third-order valence-electron chi connectivity index (χ3n) is 4.49. The van der Waals surface area contributed by atoms with E-state index < -0.39 is 11.9 Å². The van der Waals surface area contributed by atoms with Crippen molar-refractivity contribution in [2.75, 3.05) is 0 Å². The Bertz CT molecular complexity index is 879. The maximum Gasteiger partial charge on any atom is 0.253 e. The maximum atomic E-state index is 13.0. The number of amides is 2. The van der Waals surface area contributed by atoms with Crippen LogP contribution in [0.4, 0.5) is 0 Å². The van der Waals surface area contributed by atoms with Gasteiger partial charge in [0.15, 0.2) is 0 Å². The van der Waals surface area contributed by atoms with Crippen LogP contribution in [0.3, 0.4) is 0 Å². The van der Waals surface area contributed by atoms with Crippen molar-refractivity contribution >= 4 is 33.4 Å². The van der Waals surface area contributed by atoms with Crippen molar-refractivity contribution in [1.82, 2.24) is 5.32 Å². The predicted molar refractivity (Wildman–Crippen MR) is 101 cm³/mol. The number of rotatable bonds is 6. The Morgan fingerprint density at radius 3 is 2.08 bits per heavy atom. The summed E-state index contributed by atoms with van der Waals surface area (Å²) in [5.41, 5.74) is 6.07. The summed E-state index contributed by atoms with van der Waals surface area (Å²) in [5.74, 6) is -0.751. The summed E-state index contributed by atoms with van der Waals surface area (Å²) in [6.45, 7) is 2.04. The number of nitrogens with one attached hydrogen (secondary N) is 1. The van der Waals surface area contributed by atoms with Gasteiger partial charge in [-0.3, -0.25) is 9.59 Å². The number of hydrogen-bond donors (Lipinski definition) is 2. The lowest BCUT2D eigenvalue weighted by Gasteiger charge is -2.17. The monoisotopic (exact) mass is 334 g/mol. The van der Waals surface area contributed by atoms with Gasteiger partial charge in [0.2, 0.25) is 5.91 Å². The molecule has 0 saturated heterocycles. The molecule has 0 aliphatic carbocycles. The molecule has 0 aliphatic rings. The van der Waals surface area contributed by atoms with Crippen LogP contribution in [0.25, 0.3) is 21.5 Å². The minimum atomic E-state index is -0.648. The van der Waals surface area contributed by atoms with Crippen molar-refractivity contribution < 1.29 is 9.59 Å². The first-order valence-corrected chi connectivity index (χ1v) is 8.62. The van der Waals surface area contributed by atoms with E-state index in [0.717, 1.165) is 34.4 Å². The molecule has 0 aromatic heterocycles. The van der Waals surface area contributed by atoms with Gasteiger partial charge in [-0.05, 0) is 34.0 Å². The zero-order valence-electron chi connectivity index (χ0n) is 14.3. The molecule has 4 heteroatoms. The molecule has 0 aliphatic heterocycles. The van der Waals surface area contributed by atoms with Crippen molar-refractivity contribution in [3.05, 3.63) is 60.2 Å². The number of carbonyl (C=O) groups is 2. The van der Waals surface area contributed by atoms with Crippen LogP contribution in [0, 0.1) is 0 Å². The van der Waals surface area contributed by atoms with Gasteiger partial charge < -0.3 is 11.1 Å². The fourth-order valence-electron chi connectivity index (χ4n) is 3.18. The van der Waals surface area contributed by atoms with E-state index in [9.17, 15) is 9.59 Å². The largest absolute Gasteiger partial charge is 0.368 e. The van der Waals surface area contributed by atoms with Gasteiger partial charge in [-0.2, -0.15) is 0 Å². The Balaban J connectivity index is 2.08. The Morgan fingerprint density at radius 1 is 1.00 bits per heavy atom. The number of primary amides is 1. The topological polar surface area (TPSA) is 72.2 Å². The summed E-state index contributed by atoms with van der Waals surface area (Å²) in [6.07, 6.45) is 2.33. The lowest BCUT2D eigenvalue weighted by Crippen LogP contribution is -2.44. The van der Waals surface area contributed by atoms with Gasteiger partial charge in [-0.1, -0.05) is 68.3 Å². The average Bonchev–Trinajstić information content (AvgIpc) is 2.62. The summed E-state index contributed by atoms with van der Waals surface area (Å²) in [7, 11) is 0. The highest BCUT2D eigenvalue weighted by Crippen LogP contribution is 2.28. The van der Waals surface area contributed by atoms with Crippen LogP contribution in [-0.4, -0.2) is 17.9 Å². The highest BCUT2D eigenvalue weighted by Gasteiger charge is 2.21. The quantitative estimate of drug-likeness (QED) is 0.674. The molecule has 3 aromatic rings. The number of fused-ring (bicyclic) bond motifs is 2. The van der Waals surface area contributed by atoms with Crippen LogP contribution < -0.4 is 11.1 Å². The van der Waals surface area contributed by atoms with E-state index >= 15 is 0 Å². The summed E-state index contributed by atoms with van der Waals surface area (Å²) in [4.78, 5) is 24.7. The number of nitrogens with two attached hydrogens (primary N) is 1. The molecule has 4 nitrogen and oxygen atoms in total. The van der Waals surface area contributed by atoms with Crippen LogP contribution >= 0.6 is 0 Å². The van der Waals surface area contributed by atoms with Crippen molar-refractivity contribution in [1.29, 1.82) is 0 Å². The van der Waals surface area contributed by atoms with Crippen molar-refractivity contribution in [3.8, 4) is 0 Å². The SMILES string of the molecule is CCCC[C@@H](NC(=O)c1c2ccccc2cc2ccccc12)C(N)=O. The first kappa shape index (κ1) is 17.0. The fraction of sp³-hybridized carbons (Fsp3) is 0.238. The molecule has 3 aromatic carbocycles. The van der Waals surface area contributed by atoms with E-state index in [1.165, 1.54) is 0 Å². The molecule has 3 N–H and O–H groups in total.